The quantitative estimate of drug-likeness (QED) is 0.354. The molecule has 1 N–H and O–H groups in total. The molecule has 0 spiro atoms. The maximum absolute atomic E-state index is 12.0. The van der Waals surface area contributed by atoms with Crippen LogP contribution in [0.3, 0.4) is 0 Å². The molecule has 140 valence electrons. The van der Waals surface area contributed by atoms with E-state index < -0.39 is 0 Å². The van der Waals surface area contributed by atoms with Gasteiger partial charge < -0.3 is 5.11 Å². The lowest BCUT2D eigenvalue weighted by Crippen LogP contribution is -2.33. The third-order valence-corrected chi connectivity index (χ3v) is 5.07. The van der Waals surface area contributed by atoms with Crippen molar-refractivity contribution in [3.63, 3.8) is 0 Å². The van der Waals surface area contributed by atoms with Crippen molar-refractivity contribution in [2.24, 2.45) is 5.92 Å². The topological polar surface area (TPSA) is 57.6 Å². The molecule has 0 bridgehead atoms. The van der Waals surface area contributed by atoms with Gasteiger partial charge in [-0.1, -0.05) is 84.0 Å². The molecule has 1 aliphatic heterocycles. The lowest BCUT2D eigenvalue weighted by atomic mass is 9.98. The van der Waals surface area contributed by atoms with Crippen LogP contribution in [-0.4, -0.2) is 35.0 Å². The number of imide groups is 1. The van der Waals surface area contributed by atoms with Crippen LogP contribution >= 0.6 is 0 Å². The van der Waals surface area contributed by atoms with E-state index in [0.29, 0.717) is 6.42 Å². The molecular formula is C20H37NO3. The molecule has 0 aromatic rings. The molecule has 1 saturated heterocycles. The van der Waals surface area contributed by atoms with Gasteiger partial charge in [0.15, 0.2) is 0 Å². The van der Waals surface area contributed by atoms with Gasteiger partial charge in [0.2, 0.25) is 11.8 Å². The molecule has 2 amide bonds. The van der Waals surface area contributed by atoms with E-state index in [1.807, 2.05) is 0 Å². The van der Waals surface area contributed by atoms with Crippen LogP contribution in [0.15, 0.2) is 0 Å². The van der Waals surface area contributed by atoms with Crippen LogP contribution in [0.4, 0.5) is 0 Å². The SMILES string of the molecule is CCCCCCCCCCCCCCC1CC(=O)N(CCO)C1=O. The van der Waals surface area contributed by atoms with Gasteiger partial charge in [-0.2, -0.15) is 0 Å². The van der Waals surface area contributed by atoms with Gasteiger partial charge in [-0.25, -0.2) is 0 Å². The number of unbranched alkanes of at least 4 members (excludes halogenated alkanes) is 11. The standard InChI is InChI=1S/C20H37NO3/c1-2-3-4-5-6-7-8-9-10-11-12-13-14-18-17-19(23)21(15-16-22)20(18)24/h18,22H,2-17H2,1H3. The van der Waals surface area contributed by atoms with Crippen LogP contribution in [0.1, 0.15) is 96.8 Å². The first-order valence-corrected chi connectivity index (χ1v) is 10.2. The predicted molar refractivity (Wildman–Crippen MR) is 97.6 cm³/mol. The van der Waals surface area contributed by atoms with Gasteiger partial charge >= 0.3 is 0 Å². The van der Waals surface area contributed by atoms with E-state index in [2.05, 4.69) is 6.92 Å². The van der Waals surface area contributed by atoms with E-state index in [0.717, 1.165) is 19.3 Å². The van der Waals surface area contributed by atoms with Gasteiger partial charge in [0.05, 0.1) is 13.2 Å². The van der Waals surface area contributed by atoms with Crippen molar-refractivity contribution < 1.29 is 14.7 Å². The molecule has 1 heterocycles. The van der Waals surface area contributed by atoms with E-state index in [-0.39, 0.29) is 30.9 Å². The molecule has 0 aromatic carbocycles. The molecule has 0 radical (unpaired) electrons. The van der Waals surface area contributed by atoms with Crippen LogP contribution in [0.5, 0.6) is 0 Å². The highest BCUT2D eigenvalue weighted by atomic mass is 16.3. The highest BCUT2D eigenvalue weighted by molar-refractivity contribution is 6.03. The summed E-state index contributed by atoms with van der Waals surface area (Å²) in [6, 6.07) is 0. The smallest absolute Gasteiger partial charge is 0.232 e. The Labute approximate surface area is 148 Å². The molecule has 0 aromatic heterocycles. The molecule has 4 heteroatoms. The third-order valence-electron chi connectivity index (χ3n) is 5.07. The number of nitrogens with zero attached hydrogens (tertiary/aromatic N) is 1. The first-order valence-electron chi connectivity index (χ1n) is 10.2. The number of carbonyl (C=O) groups excluding carboxylic acids is 2. The van der Waals surface area contributed by atoms with Crippen molar-refractivity contribution in [1.82, 2.24) is 4.90 Å². The number of amides is 2. The van der Waals surface area contributed by atoms with Crippen LogP contribution < -0.4 is 0 Å². The van der Waals surface area contributed by atoms with Crippen molar-refractivity contribution in [2.75, 3.05) is 13.2 Å². The molecular weight excluding hydrogens is 302 g/mol. The second-order valence-corrected chi connectivity index (χ2v) is 7.19. The van der Waals surface area contributed by atoms with Gasteiger partial charge in [0.25, 0.3) is 0 Å². The molecule has 1 unspecified atom stereocenters. The van der Waals surface area contributed by atoms with E-state index in [1.165, 1.54) is 69.1 Å². The molecule has 1 fully saturated rings. The predicted octanol–water partition coefficient (Wildman–Crippen LogP) is 4.45. The lowest BCUT2D eigenvalue weighted by Gasteiger charge is -2.13. The number of rotatable bonds is 15. The van der Waals surface area contributed by atoms with Crippen molar-refractivity contribution >= 4 is 11.8 Å². The van der Waals surface area contributed by atoms with E-state index in [9.17, 15) is 9.59 Å². The Hall–Kier alpha value is -0.900. The fourth-order valence-electron chi connectivity index (χ4n) is 3.54. The van der Waals surface area contributed by atoms with Crippen molar-refractivity contribution in [1.29, 1.82) is 0 Å². The van der Waals surface area contributed by atoms with E-state index in [1.54, 1.807) is 0 Å². The molecule has 4 nitrogen and oxygen atoms in total. The summed E-state index contributed by atoms with van der Waals surface area (Å²) in [5, 5.41) is 8.89. The highest BCUT2D eigenvalue weighted by Crippen LogP contribution is 2.25. The summed E-state index contributed by atoms with van der Waals surface area (Å²) in [6.45, 7) is 2.28. The summed E-state index contributed by atoms with van der Waals surface area (Å²) >= 11 is 0. The fraction of sp³-hybridized carbons (Fsp3) is 0.900. The number of hydrogen-bond donors (Lipinski definition) is 1. The van der Waals surface area contributed by atoms with Crippen LogP contribution in [0.25, 0.3) is 0 Å². The summed E-state index contributed by atoms with van der Waals surface area (Å²) in [7, 11) is 0. The number of likely N-dealkylation sites (tertiary alicyclic amines) is 1. The first kappa shape index (κ1) is 21.1. The molecule has 1 atom stereocenters. The molecule has 1 aliphatic rings. The Morgan fingerprint density at radius 1 is 0.875 bits per heavy atom. The van der Waals surface area contributed by atoms with Gasteiger partial charge in [-0.3, -0.25) is 14.5 Å². The summed E-state index contributed by atoms with van der Waals surface area (Å²) < 4.78 is 0. The molecule has 24 heavy (non-hydrogen) atoms. The Balaban J connectivity index is 1.92. The minimum Gasteiger partial charge on any atom is -0.395 e. The zero-order valence-corrected chi connectivity index (χ0v) is 15.6. The van der Waals surface area contributed by atoms with Crippen LogP contribution in [0, 0.1) is 5.92 Å². The summed E-state index contributed by atoms with van der Waals surface area (Å²) in [5.41, 5.74) is 0. The largest absolute Gasteiger partial charge is 0.395 e. The average molecular weight is 340 g/mol. The summed E-state index contributed by atoms with van der Waals surface area (Å²) in [6.07, 6.45) is 16.9. The molecule has 0 saturated carbocycles. The lowest BCUT2D eigenvalue weighted by molar-refractivity contribution is -0.139. The summed E-state index contributed by atoms with van der Waals surface area (Å²) in [5.74, 6) is -0.317. The number of aliphatic hydroxyl groups is 1. The fourth-order valence-corrected chi connectivity index (χ4v) is 3.54. The maximum Gasteiger partial charge on any atom is 0.232 e. The Morgan fingerprint density at radius 3 is 1.88 bits per heavy atom. The first-order chi connectivity index (χ1) is 11.7. The number of hydrogen-bond acceptors (Lipinski definition) is 3. The van der Waals surface area contributed by atoms with Gasteiger partial charge in [-0.15, -0.1) is 0 Å². The third kappa shape index (κ3) is 8.27. The van der Waals surface area contributed by atoms with Crippen molar-refractivity contribution in [3.8, 4) is 0 Å². The molecule has 1 rings (SSSR count). The Bertz CT molecular complexity index is 357. The zero-order valence-electron chi connectivity index (χ0n) is 15.6. The second-order valence-electron chi connectivity index (χ2n) is 7.19. The highest BCUT2D eigenvalue weighted by Gasteiger charge is 2.37. The van der Waals surface area contributed by atoms with Crippen molar-refractivity contribution in [2.45, 2.75) is 96.8 Å². The zero-order chi connectivity index (χ0) is 17.6. The van der Waals surface area contributed by atoms with Crippen molar-refractivity contribution in [3.05, 3.63) is 0 Å². The van der Waals surface area contributed by atoms with Gasteiger partial charge in [-0.05, 0) is 6.42 Å². The van der Waals surface area contributed by atoms with Gasteiger partial charge in [0.1, 0.15) is 0 Å². The Morgan fingerprint density at radius 2 is 1.38 bits per heavy atom. The number of β-amino-alcohol motifs (C(OH)–C–C–N with tert-alkyl or cyclic N) is 1. The maximum atomic E-state index is 12.0. The monoisotopic (exact) mass is 339 g/mol. The Kier molecular flexibility index (Phi) is 11.8. The number of aliphatic hydroxyl groups excluding tert-OH is 1. The van der Waals surface area contributed by atoms with Crippen LogP contribution in [-0.2, 0) is 9.59 Å². The average Bonchev–Trinajstić information content (AvgIpc) is 2.84. The minimum absolute atomic E-state index is 0.0721. The number of carbonyl (C=O) groups is 2. The summed E-state index contributed by atoms with van der Waals surface area (Å²) in [4.78, 5) is 25.0. The van der Waals surface area contributed by atoms with Gasteiger partial charge in [0, 0.05) is 12.3 Å². The second kappa shape index (κ2) is 13.4. The van der Waals surface area contributed by atoms with E-state index >= 15 is 0 Å². The minimum atomic E-state index is -0.136. The van der Waals surface area contributed by atoms with E-state index in [4.69, 9.17) is 5.11 Å². The normalized spacial score (nSPS) is 17.9. The van der Waals surface area contributed by atoms with Crippen LogP contribution in [0.2, 0.25) is 0 Å². The molecule has 0 aliphatic carbocycles.